The highest BCUT2D eigenvalue weighted by Gasteiger charge is 2.14. The summed E-state index contributed by atoms with van der Waals surface area (Å²) in [5, 5.41) is 3.49. The maximum absolute atomic E-state index is 3.49. The molecule has 1 fully saturated rings. The first-order valence-corrected chi connectivity index (χ1v) is 7.35. The summed E-state index contributed by atoms with van der Waals surface area (Å²) in [6, 6.07) is 9.28. The summed E-state index contributed by atoms with van der Waals surface area (Å²) < 4.78 is 0. The van der Waals surface area contributed by atoms with Crippen molar-refractivity contribution in [2.75, 3.05) is 26.2 Å². The van der Waals surface area contributed by atoms with Crippen LogP contribution in [0.15, 0.2) is 24.3 Å². The molecule has 1 aliphatic heterocycles. The monoisotopic (exact) mass is 246 g/mol. The Balaban J connectivity index is 1.96. The first-order chi connectivity index (χ1) is 8.83. The Labute approximate surface area is 111 Å². The number of nitrogens with zero attached hydrogens (tertiary/aromatic N) is 1. The zero-order valence-corrected chi connectivity index (χ0v) is 11.8. The number of hydrogen-bond donors (Lipinski definition) is 1. The van der Waals surface area contributed by atoms with Crippen LogP contribution < -0.4 is 5.32 Å². The molecule has 0 amide bonds. The Morgan fingerprint density at radius 2 is 1.89 bits per heavy atom. The fourth-order valence-electron chi connectivity index (χ4n) is 2.74. The van der Waals surface area contributed by atoms with Crippen LogP contribution in [0.5, 0.6) is 0 Å². The van der Waals surface area contributed by atoms with E-state index in [1.807, 2.05) is 0 Å². The molecular weight excluding hydrogens is 220 g/mol. The quantitative estimate of drug-likeness (QED) is 0.859. The Morgan fingerprint density at radius 3 is 2.44 bits per heavy atom. The van der Waals surface area contributed by atoms with Gasteiger partial charge in [0.05, 0.1) is 0 Å². The summed E-state index contributed by atoms with van der Waals surface area (Å²) >= 11 is 0. The predicted octanol–water partition coefficient (Wildman–Crippen LogP) is 3.00. The van der Waals surface area contributed by atoms with Crippen molar-refractivity contribution in [3.05, 3.63) is 35.4 Å². The average molecular weight is 246 g/mol. The number of nitrogens with one attached hydrogen (secondary N) is 1. The van der Waals surface area contributed by atoms with E-state index in [0.717, 1.165) is 32.1 Å². The summed E-state index contributed by atoms with van der Waals surface area (Å²) in [6.45, 7) is 10.1. The Bertz CT molecular complexity index is 335. The summed E-state index contributed by atoms with van der Waals surface area (Å²) in [6.07, 6.45) is 2.65. The van der Waals surface area contributed by atoms with Crippen molar-refractivity contribution in [3.63, 3.8) is 0 Å². The molecule has 1 N–H and O–H groups in total. The molecule has 0 radical (unpaired) electrons. The number of piperidine rings is 1. The van der Waals surface area contributed by atoms with Gasteiger partial charge in [-0.3, -0.25) is 4.90 Å². The largest absolute Gasteiger partial charge is 0.316 e. The highest BCUT2D eigenvalue weighted by atomic mass is 15.1. The second kappa shape index (κ2) is 6.91. The van der Waals surface area contributed by atoms with E-state index < -0.39 is 0 Å². The van der Waals surface area contributed by atoms with Gasteiger partial charge in [-0.05, 0) is 49.5 Å². The standard InChI is InChI=1S/C16H26N2/c1-3-18(4-2)13-14-7-9-15(10-8-14)16-6-5-11-17-12-16/h7-10,16-17H,3-6,11-13H2,1-2H3. The predicted molar refractivity (Wildman–Crippen MR) is 77.9 cm³/mol. The minimum Gasteiger partial charge on any atom is -0.316 e. The average Bonchev–Trinajstić information content (AvgIpc) is 2.46. The number of hydrogen-bond acceptors (Lipinski definition) is 2. The Morgan fingerprint density at radius 1 is 1.17 bits per heavy atom. The van der Waals surface area contributed by atoms with Gasteiger partial charge in [-0.25, -0.2) is 0 Å². The summed E-state index contributed by atoms with van der Waals surface area (Å²) in [7, 11) is 0. The van der Waals surface area contributed by atoms with E-state index in [2.05, 4.69) is 48.3 Å². The molecule has 0 aromatic heterocycles. The highest BCUT2D eigenvalue weighted by molar-refractivity contribution is 5.26. The Kier molecular flexibility index (Phi) is 5.21. The van der Waals surface area contributed by atoms with Crippen molar-refractivity contribution in [1.29, 1.82) is 0 Å². The van der Waals surface area contributed by atoms with Crippen LogP contribution >= 0.6 is 0 Å². The molecule has 1 atom stereocenters. The zero-order chi connectivity index (χ0) is 12.8. The third kappa shape index (κ3) is 3.56. The first-order valence-electron chi connectivity index (χ1n) is 7.35. The fourth-order valence-corrected chi connectivity index (χ4v) is 2.74. The molecule has 2 rings (SSSR count). The van der Waals surface area contributed by atoms with E-state index in [9.17, 15) is 0 Å². The third-order valence-electron chi connectivity index (χ3n) is 4.05. The van der Waals surface area contributed by atoms with Gasteiger partial charge in [-0.2, -0.15) is 0 Å². The maximum Gasteiger partial charge on any atom is 0.0233 e. The van der Waals surface area contributed by atoms with Crippen molar-refractivity contribution in [1.82, 2.24) is 10.2 Å². The van der Waals surface area contributed by atoms with E-state index in [0.29, 0.717) is 0 Å². The lowest BCUT2D eigenvalue weighted by atomic mass is 9.91. The summed E-state index contributed by atoms with van der Waals surface area (Å²) in [4.78, 5) is 2.46. The van der Waals surface area contributed by atoms with E-state index >= 15 is 0 Å². The molecule has 1 saturated heterocycles. The van der Waals surface area contributed by atoms with Crippen LogP contribution in [0.3, 0.4) is 0 Å². The molecule has 0 saturated carbocycles. The topological polar surface area (TPSA) is 15.3 Å². The van der Waals surface area contributed by atoms with Crippen LogP contribution in [0.1, 0.15) is 43.7 Å². The number of rotatable bonds is 5. The SMILES string of the molecule is CCN(CC)Cc1ccc(C2CCCNC2)cc1. The van der Waals surface area contributed by atoms with Crippen LogP contribution in [-0.4, -0.2) is 31.1 Å². The van der Waals surface area contributed by atoms with Gasteiger partial charge in [0.15, 0.2) is 0 Å². The lowest BCUT2D eigenvalue weighted by Gasteiger charge is -2.23. The van der Waals surface area contributed by atoms with Crippen LogP contribution in [0.2, 0.25) is 0 Å². The van der Waals surface area contributed by atoms with Gasteiger partial charge in [0.1, 0.15) is 0 Å². The second-order valence-electron chi connectivity index (χ2n) is 5.25. The van der Waals surface area contributed by atoms with Crippen LogP contribution in [-0.2, 0) is 6.54 Å². The molecule has 1 aromatic carbocycles. The van der Waals surface area contributed by atoms with Crippen molar-refractivity contribution in [3.8, 4) is 0 Å². The summed E-state index contributed by atoms with van der Waals surface area (Å²) in [5.41, 5.74) is 2.94. The molecule has 1 unspecified atom stereocenters. The Hall–Kier alpha value is -0.860. The van der Waals surface area contributed by atoms with Crippen molar-refractivity contribution in [2.45, 2.75) is 39.2 Å². The normalized spacial score (nSPS) is 20.3. The fraction of sp³-hybridized carbons (Fsp3) is 0.625. The molecule has 0 aliphatic carbocycles. The van der Waals surface area contributed by atoms with Crippen LogP contribution in [0, 0.1) is 0 Å². The van der Waals surface area contributed by atoms with Gasteiger partial charge in [-0.15, -0.1) is 0 Å². The molecule has 2 heteroatoms. The maximum atomic E-state index is 3.49. The van der Waals surface area contributed by atoms with Gasteiger partial charge in [0, 0.05) is 13.1 Å². The van der Waals surface area contributed by atoms with Crippen LogP contribution in [0.25, 0.3) is 0 Å². The van der Waals surface area contributed by atoms with E-state index in [4.69, 9.17) is 0 Å². The lowest BCUT2D eigenvalue weighted by molar-refractivity contribution is 0.296. The third-order valence-corrected chi connectivity index (χ3v) is 4.05. The molecule has 100 valence electrons. The van der Waals surface area contributed by atoms with E-state index in [-0.39, 0.29) is 0 Å². The molecule has 2 nitrogen and oxygen atoms in total. The van der Waals surface area contributed by atoms with Crippen LogP contribution in [0.4, 0.5) is 0 Å². The highest BCUT2D eigenvalue weighted by Crippen LogP contribution is 2.23. The van der Waals surface area contributed by atoms with Crippen molar-refractivity contribution >= 4 is 0 Å². The molecule has 1 aliphatic rings. The molecule has 0 spiro atoms. The van der Waals surface area contributed by atoms with E-state index in [1.54, 1.807) is 0 Å². The molecular formula is C16H26N2. The van der Waals surface area contributed by atoms with Gasteiger partial charge in [-0.1, -0.05) is 38.1 Å². The second-order valence-corrected chi connectivity index (χ2v) is 5.25. The lowest BCUT2D eigenvalue weighted by Crippen LogP contribution is -2.28. The smallest absolute Gasteiger partial charge is 0.0233 e. The van der Waals surface area contributed by atoms with Crippen molar-refractivity contribution in [2.24, 2.45) is 0 Å². The van der Waals surface area contributed by atoms with Gasteiger partial charge < -0.3 is 5.32 Å². The molecule has 1 aromatic rings. The van der Waals surface area contributed by atoms with Crippen molar-refractivity contribution < 1.29 is 0 Å². The van der Waals surface area contributed by atoms with Gasteiger partial charge >= 0.3 is 0 Å². The summed E-state index contributed by atoms with van der Waals surface area (Å²) in [5.74, 6) is 0.723. The molecule has 1 heterocycles. The minimum atomic E-state index is 0.723. The zero-order valence-electron chi connectivity index (χ0n) is 11.8. The van der Waals surface area contributed by atoms with E-state index in [1.165, 1.54) is 30.5 Å². The first kappa shape index (κ1) is 13.6. The number of benzene rings is 1. The van der Waals surface area contributed by atoms with Gasteiger partial charge in [0.2, 0.25) is 0 Å². The molecule has 0 bridgehead atoms. The van der Waals surface area contributed by atoms with Gasteiger partial charge in [0.25, 0.3) is 0 Å². The molecule has 18 heavy (non-hydrogen) atoms. The minimum absolute atomic E-state index is 0.723.